The van der Waals surface area contributed by atoms with E-state index in [-0.39, 0.29) is 24.0 Å². The fourth-order valence-electron chi connectivity index (χ4n) is 3.39. The molecule has 1 aromatic heterocycles. The summed E-state index contributed by atoms with van der Waals surface area (Å²) >= 11 is 0. The van der Waals surface area contributed by atoms with Crippen LogP contribution in [0.15, 0.2) is 47.7 Å². The molecule has 1 heterocycles. The van der Waals surface area contributed by atoms with E-state index in [2.05, 4.69) is 72.6 Å². The average Bonchev–Trinajstić information content (AvgIpc) is 3.23. The molecule has 168 valence electrons. The lowest BCUT2D eigenvalue weighted by Gasteiger charge is -2.21. The zero-order valence-corrected chi connectivity index (χ0v) is 21.3. The third-order valence-corrected chi connectivity index (χ3v) is 5.15. The first-order valence-electron chi connectivity index (χ1n) is 11.0. The summed E-state index contributed by atoms with van der Waals surface area (Å²) in [6, 6.07) is 10.8. The van der Waals surface area contributed by atoms with E-state index in [4.69, 9.17) is 4.99 Å². The van der Waals surface area contributed by atoms with E-state index in [1.807, 2.05) is 23.1 Å². The second kappa shape index (κ2) is 15.2. The van der Waals surface area contributed by atoms with Crippen molar-refractivity contribution in [2.45, 2.75) is 59.7 Å². The molecule has 0 saturated carbocycles. The number of hydrogen-bond acceptors (Lipinski definition) is 3. The monoisotopic (exact) mass is 526 g/mol. The van der Waals surface area contributed by atoms with E-state index < -0.39 is 0 Å². The van der Waals surface area contributed by atoms with Crippen molar-refractivity contribution in [3.63, 3.8) is 0 Å². The maximum atomic E-state index is 4.84. The highest BCUT2D eigenvalue weighted by atomic mass is 127. The summed E-state index contributed by atoms with van der Waals surface area (Å²) in [4.78, 5) is 7.32. The maximum absolute atomic E-state index is 4.84. The Hall–Kier alpha value is -1.61. The molecule has 0 radical (unpaired) electrons. The molecule has 0 fully saturated rings. The van der Waals surface area contributed by atoms with Gasteiger partial charge in [-0.2, -0.15) is 5.10 Å². The van der Waals surface area contributed by atoms with Crippen molar-refractivity contribution in [1.82, 2.24) is 25.3 Å². The van der Waals surface area contributed by atoms with Crippen molar-refractivity contribution in [2.24, 2.45) is 4.99 Å². The smallest absolute Gasteiger partial charge is 0.191 e. The Morgan fingerprint density at radius 3 is 2.50 bits per heavy atom. The standard InChI is InChI=1S/C23H38N6.HI/c1-5-24-23(27-20(4)12-10-16-28(6-2)7-3)25-18-21-13-8-9-14-22(21)19-29-17-11-15-26-29;/h8-9,11,13-15,17,20H,5-7,10,12,16,18-19H2,1-4H3,(H2,24,25,27);1H. The third-order valence-electron chi connectivity index (χ3n) is 5.15. The number of aromatic nitrogens is 2. The first-order chi connectivity index (χ1) is 14.2. The average molecular weight is 527 g/mol. The maximum Gasteiger partial charge on any atom is 0.191 e. The molecular weight excluding hydrogens is 487 g/mol. The van der Waals surface area contributed by atoms with Gasteiger partial charge in [-0.15, -0.1) is 24.0 Å². The van der Waals surface area contributed by atoms with E-state index in [1.54, 1.807) is 0 Å². The highest BCUT2D eigenvalue weighted by Crippen LogP contribution is 2.12. The van der Waals surface area contributed by atoms with Crippen LogP contribution in [0.5, 0.6) is 0 Å². The van der Waals surface area contributed by atoms with Gasteiger partial charge in [0.25, 0.3) is 0 Å². The van der Waals surface area contributed by atoms with E-state index in [9.17, 15) is 0 Å². The van der Waals surface area contributed by atoms with Crippen LogP contribution in [0, 0.1) is 0 Å². The molecular formula is C23H39IN6. The molecule has 0 aliphatic carbocycles. The summed E-state index contributed by atoms with van der Waals surface area (Å²) in [7, 11) is 0. The van der Waals surface area contributed by atoms with Crippen molar-refractivity contribution in [3.8, 4) is 0 Å². The number of nitrogens with zero attached hydrogens (tertiary/aromatic N) is 4. The molecule has 0 aliphatic rings. The van der Waals surface area contributed by atoms with Gasteiger partial charge in [0.05, 0.1) is 13.1 Å². The summed E-state index contributed by atoms with van der Waals surface area (Å²) in [5, 5.41) is 11.3. The molecule has 30 heavy (non-hydrogen) atoms. The van der Waals surface area contributed by atoms with Crippen LogP contribution in [0.4, 0.5) is 0 Å². The zero-order valence-electron chi connectivity index (χ0n) is 19.0. The van der Waals surface area contributed by atoms with Gasteiger partial charge in [-0.3, -0.25) is 4.68 Å². The number of nitrogens with one attached hydrogen (secondary N) is 2. The van der Waals surface area contributed by atoms with E-state index in [0.29, 0.717) is 12.6 Å². The second-order valence-electron chi connectivity index (χ2n) is 7.38. The summed E-state index contributed by atoms with van der Waals surface area (Å²) in [6.45, 7) is 14.5. The van der Waals surface area contributed by atoms with Gasteiger partial charge in [0.15, 0.2) is 5.96 Å². The summed E-state index contributed by atoms with van der Waals surface area (Å²) in [6.07, 6.45) is 6.14. The molecule has 0 spiro atoms. The highest BCUT2D eigenvalue weighted by molar-refractivity contribution is 14.0. The number of aliphatic imine (C=N–C) groups is 1. The van der Waals surface area contributed by atoms with Gasteiger partial charge in [-0.25, -0.2) is 4.99 Å². The molecule has 2 N–H and O–H groups in total. The predicted octanol–water partition coefficient (Wildman–Crippen LogP) is 4.12. The Morgan fingerprint density at radius 2 is 1.87 bits per heavy atom. The van der Waals surface area contributed by atoms with Crippen LogP contribution in [0.1, 0.15) is 51.7 Å². The number of hydrogen-bond donors (Lipinski definition) is 2. The number of rotatable bonds is 12. The molecule has 2 rings (SSSR count). The second-order valence-corrected chi connectivity index (χ2v) is 7.38. The minimum absolute atomic E-state index is 0. The van der Waals surface area contributed by atoms with Crippen molar-refractivity contribution in [1.29, 1.82) is 0 Å². The largest absolute Gasteiger partial charge is 0.357 e. The van der Waals surface area contributed by atoms with Crippen LogP contribution in [0.2, 0.25) is 0 Å². The first-order valence-corrected chi connectivity index (χ1v) is 11.0. The molecule has 0 bridgehead atoms. The molecule has 1 atom stereocenters. The van der Waals surface area contributed by atoms with Crippen LogP contribution in [0.3, 0.4) is 0 Å². The van der Waals surface area contributed by atoms with Crippen LogP contribution in [-0.2, 0) is 13.1 Å². The molecule has 6 nitrogen and oxygen atoms in total. The number of guanidine groups is 1. The first kappa shape index (κ1) is 26.4. The number of benzene rings is 1. The van der Waals surface area contributed by atoms with Crippen LogP contribution in [0.25, 0.3) is 0 Å². The summed E-state index contributed by atoms with van der Waals surface area (Å²) in [5.74, 6) is 0.886. The predicted molar refractivity (Wildman–Crippen MR) is 138 cm³/mol. The van der Waals surface area contributed by atoms with Gasteiger partial charge in [0.2, 0.25) is 0 Å². The lowest BCUT2D eigenvalue weighted by Crippen LogP contribution is -2.42. The van der Waals surface area contributed by atoms with Gasteiger partial charge in [-0.05, 0) is 63.5 Å². The molecule has 0 amide bonds. The fourth-order valence-corrected chi connectivity index (χ4v) is 3.39. The highest BCUT2D eigenvalue weighted by Gasteiger charge is 2.08. The minimum Gasteiger partial charge on any atom is -0.357 e. The Bertz CT molecular complexity index is 712. The quantitative estimate of drug-likeness (QED) is 0.248. The topological polar surface area (TPSA) is 57.5 Å². The molecule has 0 aliphatic heterocycles. The molecule has 0 saturated heterocycles. The lowest BCUT2D eigenvalue weighted by atomic mass is 10.1. The molecule has 2 aromatic rings. The van der Waals surface area contributed by atoms with E-state index >= 15 is 0 Å². The SMILES string of the molecule is CCNC(=NCc1ccccc1Cn1cccn1)NC(C)CCCN(CC)CC.I. The van der Waals surface area contributed by atoms with E-state index in [0.717, 1.165) is 45.1 Å². The molecule has 7 heteroatoms. The Morgan fingerprint density at radius 1 is 1.13 bits per heavy atom. The summed E-state index contributed by atoms with van der Waals surface area (Å²) in [5.41, 5.74) is 2.48. The van der Waals surface area contributed by atoms with Crippen LogP contribution in [-0.4, -0.2) is 52.9 Å². The fraction of sp³-hybridized carbons (Fsp3) is 0.565. The zero-order chi connectivity index (χ0) is 20.9. The Balaban J connectivity index is 0.00000450. The number of halogens is 1. The molecule has 1 aromatic carbocycles. The van der Waals surface area contributed by atoms with Gasteiger partial charge in [0.1, 0.15) is 0 Å². The van der Waals surface area contributed by atoms with Gasteiger partial charge >= 0.3 is 0 Å². The van der Waals surface area contributed by atoms with Crippen LogP contribution < -0.4 is 10.6 Å². The third kappa shape index (κ3) is 9.47. The van der Waals surface area contributed by atoms with Crippen LogP contribution >= 0.6 is 24.0 Å². The van der Waals surface area contributed by atoms with Gasteiger partial charge < -0.3 is 15.5 Å². The summed E-state index contributed by atoms with van der Waals surface area (Å²) < 4.78 is 1.95. The lowest BCUT2D eigenvalue weighted by molar-refractivity contribution is 0.292. The molecule has 1 unspecified atom stereocenters. The minimum atomic E-state index is 0. The van der Waals surface area contributed by atoms with Gasteiger partial charge in [0, 0.05) is 25.0 Å². The van der Waals surface area contributed by atoms with Crippen molar-refractivity contribution in [2.75, 3.05) is 26.2 Å². The Labute approximate surface area is 199 Å². The normalized spacial score (nSPS) is 12.5. The van der Waals surface area contributed by atoms with Crippen molar-refractivity contribution >= 4 is 29.9 Å². The van der Waals surface area contributed by atoms with Crippen molar-refractivity contribution in [3.05, 3.63) is 53.9 Å². The Kier molecular flexibility index (Phi) is 13.4. The van der Waals surface area contributed by atoms with E-state index in [1.165, 1.54) is 17.5 Å². The van der Waals surface area contributed by atoms with Gasteiger partial charge in [-0.1, -0.05) is 38.1 Å². The van der Waals surface area contributed by atoms with Crippen molar-refractivity contribution < 1.29 is 0 Å².